The lowest BCUT2D eigenvalue weighted by atomic mass is 10.0. The van der Waals surface area contributed by atoms with Gasteiger partial charge in [0, 0.05) is 0 Å². The van der Waals surface area contributed by atoms with Crippen molar-refractivity contribution in [1.29, 1.82) is 0 Å². The molecule has 0 saturated heterocycles. The molecule has 0 aliphatic rings. The second-order valence-electron chi connectivity index (χ2n) is 4.33. The highest BCUT2D eigenvalue weighted by molar-refractivity contribution is 5.85. The van der Waals surface area contributed by atoms with E-state index in [2.05, 4.69) is 0 Å². The van der Waals surface area contributed by atoms with E-state index in [0.717, 1.165) is 5.56 Å². The molecule has 0 radical (unpaired) electrons. The molecule has 0 bridgehead atoms. The van der Waals surface area contributed by atoms with E-state index in [0.29, 0.717) is 30.8 Å². The van der Waals surface area contributed by atoms with Gasteiger partial charge in [-0.05, 0) is 25.5 Å². The monoisotopic (exact) mass is 288 g/mol. The average Bonchev–Trinajstić information content (AvgIpc) is 2.51. The van der Waals surface area contributed by atoms with Gasteiger partial charge in [-0.2, -0.15) is 0 Å². The summed E-state index contributed by atoms with van der Waals surface area (Å²) >= 11 is 0. The number of ether oxygens (including phenoxy) is 2. The summed E-state index contributed by atoms with van der Waals surface area (Å²) in [5.41, 5.74) is 1.24. The molecule has 0 N–H and O–H groups in total. The number of rotatable bonds is 6. The predicted molar refractivity (Wildman–Crippen MR) is 79.6 cm³/mol. The zero-order valence-corrected chi connectivity index (χ0v) is 12.1. The maximum absolute atomic E-state index is 14.4. The summed E-state index contributed by atoms with van der Waals surface area (Å²) in [5.74, 6) is -0.165. The third kappa shape index (κ3) is 3.05. The molecule has 110 valence electrons. The molecule has 0 aliphatic heterocycles. The van der Waals surface area contributed by atoms with Crippen molar-refractivity contribution >= 4 is 6.29 Å². The summed E-state index contributed by atoms with van der Waals surface area (Å²) in [6, 6.07) is 10.7. The van der Waals surface area contributed by atoms with Crippen LogP contribution in [0.1, 0.15) is 24.2 Å². The van der Waals surface area contributed by atoms with Crippen molar-refractivity contribution in [2.24, 2.45) is 0 Å². The first-order chi connectivity index (χ1) is 10.2. The number of hydrogen-bond acceptors (Lipinski definition) is 3. The smallest absolute Gasteiger partial charge is 0.176 e. The summed E-state index contributed by atoms with van der Waals surface area (Å²) in [4.78, 5) is 11.0. The van der Waals surface area contributed by atoms with Gasteiger partial charge < -0.3 is 9.47 Å². The zero-order chi connectivity index (χ0) is 15.2. The zero-order valence-electron chi connectivity index (χ0n) is 12.1. The minimum absolute atomic E-state index is 0.0525. The summed E-state index contributed by atoms with van der Waals surface area (Å²) in [6.07, 6.45) is 0.467. The van der Waals surface area contributed by atoms with Crippen molar-refractivity contribution in [3.63, 3.8) is 0 Å². The van der Waals surface area contributed by atoms with Gasteiger partial charge in [0.1, 0.15) is 5.75 Å². The van der Waals surface area contributed by atoms with E-state index in [1.165, 1.54) is 6.07 Å². The summed E-state index contributed by atoms with van der Waals surface area (Å²) < 4.78 is 25.4. The standard InChI is InChI=1S/C17H17FO3/c1-3-20-14-10-13(11-19)16(18)17(21-4-2)15(14)12-8-6-5-7-9-12/h5-11H,3-4H2,1-2H3. The lowest BCUT2D eigenvalue weighted by Gasteiger charge is -2.17. The van der Waals surface area contributed by atoms with Crippen molar-refractivity contribution in [2.45, 2.75) is 13.8 Å². The molecular weight excluding hydrogens is 271 g/mol. The average molecular weight is 288 g/mol. The Kier molecular flexibility index (Phi) is 4.93. The molecule has 2 aromatic carbocycles. The molecule has 0 aromatic heterocycles. The molecule has 0 heterocycles. The van der Waals surface area contributed by atoms with Crippen LogP contribution in [0.15, 0.2) is 36.4 Å². The second-order valence-corrected chi connectivity index (χ2v) is 4.33. The maximum Gasteiger partial charge on any atom is 0.176 e. The van der Waals surface area contributed by atoms with Gasteiger partial charge in [-0.25, -0.2) is 4.39 Å². The van der Waals surface area contributed by atoms with Gasteiger partial charge in [0.05, 0.1) is 24.3 Å². The van der Waals surface area contributed by atoms with Gasteiger partial charge in [0.2, 0.25) is 0 Å². The van der Waals surface area contributed by atoms with E-state index < -0.39 is 5.82 Å². The number of carbonyl (C=O) groups excluding carboxylic acids is 1. The third-order valence-corrected chi connectivity index (χ3v) is 2.99. The fourth-order valence-corrected chi connectivity index (χ4v) is 2.14. The Labute approximate surface area is 123 Å². The van der Waals surface area contributed by atoms with Gasteiger partial charge in [-0.3, -0.25) is 4.79 Å². The van der Waals surface area contributed by atoms with E-state index >= 15 is 0 Å². The fourth-order valence-electron chi connectivity index (χ4n) is 2.14. The molecule has 0 aliphatic carbocycles. The molecule has 0 atom stereocenters. The summed E-state index contributed by atoms with van der Waals surface area (Å²) in [7, 11) is 0. The van der Waals surface area contributed by atoms with Gasteiger partial charge in [0.25, 0.3) is 0 Å². The van der Waals surface area contributed by atoms with Crippen LogP contribution in [0.4, 0.5) is 4.39 Å². The first-order valence-corrected chi connectivity index (χ1v) is 6.85. The van der Waals surface area contributed by atoms with Crippen LogP contribution in [-0.2, 0) is 0 Å². The van der Waals surface area contributed by atoms with Crippen molar-refractivity contribution in [3.05, 3.63) is 47.8 Å². The summed E-state index contributed by atoms with van der Waals surface area (Å²) in [5, 5.41) is 0. The van der Waals surface area contributed by atoms with Crippen LogP contribution in [-0.4, -0.2) is 19.5 Å². The van der Waals surface area contributed by atoms with Crippen molar-refractivity contribution in [2.75, 3.05) is 13.2 Å². The molecular formula is C17H17FO3. The highest BCUT2D eigenvalue weighted by atomic mass is 19.1. The van der Waals surface area contributed by atoms with Gasteiger partial charge in [-0.15, -0.1) is 0 Å². The Balaban J connectivity index is 2.74. The Morgan fingerprint density at radius 1 is 1.10 bits per heavy atom. The maximum atomic E-state index is 14.4. The van der Waals surface area contributed by atoms with Crippen LogP contribution in [0.3, 0.4) is 0 Å². The third-order valence-electron chi connectivity index (χ3n) is 2.99. The number of carbonyl (C=O) groups is 1. The number of halogens is 1. The van der Waals surface area contributed by atoms with Crippen LogP contribution in [0, 0.1) is 5.82 Å². The van der Waals surface area contributed by atoms with E-state index in [1.807, 2.05) is 37.3 Å². The Bertz CT molecular complexity index is 624. The number of benzene rings is 2. The van der Waals surface area contributed by atoms with Crippen molar-refractivity contribution in [3.8, 4) is 22.6 Å². The van der Waals surface area contributed by atoms with Crippen molar-refractivity contribution < 1.29 is 18.7 Å². The molecule has 0 saturated carbocycles. The van der Waals surface area contributed by atoms with E-state index in [9.17, 15) is 9.18 Å². The van der Waals surface area contributed by atoms with Gasteiger partial charge >= 0.3 is 0 Å². The molecule has 0 fully saturated rings. The first kappa shape index (κ1) is 15.0. The summed E-state index contributed by atoms with van der Waals surface area (Å²) in [6.45, 7) is 4.31. The Hall–Kier alpha value is -2.36. The fraction of sp³-hybridized carbons (Fsp3) is 0.235. The minimum atomic E-state index is -0.658. The SMILES string of the molecule is CCOc1cc(C=O)c(F)c(OCC)c1-c1ccccc1. The topological polar surface area (TPSA) is 35.5 Å². The molecule has 3 nitrogen and oxygen atoms in total. The second kappa shape index (κ2) is 6.88. The first-order valence-electron chi connectivity index (χ1n) is 6.85. The quantitative estimate of drug-likeness (QED) is 0.751. The van der Waals surface area contributed by atoms with E-state index in [1.54, 1.807) is 6.92 Å². The van der Waals surface area contributed by atoms with Crippen LogP contribution >= 0.6 is 0 Å². The Morgan fingerprint density at radius 2 is 1.76 bits per heavy atom. The van der Waals surface area contributed by atoms with Crippen molar-refractivity contribution in [1.82, 2.24) is 0 Å². The van der Waals surface area contributed by atoms with Crippen LogP contribution in [0.2, 0.25) is 0 Å². The number of hydrogen-bond donors (Lipinski definition) is 0. The van der Waals surface area contributed by atoms with Crippen LogP contribution in [0.25, 0.3) is 11.1 Å². The number of aldehydes is 1. The Morgan fingerprint density at radius 3 is 2.33 bits per heavy atom. The highest BCUT2D eigenvalue weighted by Crippen LogP contribution is 2.41. The normalized spacial score (nSPS) is 10.2. The molecule has 2 aromatic rings. The van der Waals surface area contributed by atoms with Crippen LogP contribution in [0.5, 0.6) is 11.5 Å². The van der Waals surface area contributed by atoms with Gasteiger partial charge in [0.15, 0.2) is 17.9 Å². The largest absolute Gasteiger partial charge is 0.493 e. The molecule has 2 rings (SSSR count). The minimum Gasteiger partial charge on any atom is -0.493 e. The molecule has 0 amide bonds. The molecule has 0 unspecified atom stereocenters. The lowest BCUT2D eigenvalue weighted by Crippen LogP contribution is -2.04. The van der Waals surface area contributed by atoms with Gasteiger partial charge in [-0.1, -0.05) is 30.3 Å². The van der Waals surface area contributed by atoms with Crippen LogP contribution < -0.4 is 9.47 Å². The highest BCUT2D eigenvalue weighted by Gasteiger charge is 2.21. The lowest BCUT2D eigenvalue weighted by molar-refractivity contribution is 0.111. The molecule has 4 heteroatoms. The molecule has 0 spiro atoms. The predicted octanol–water partition coefficient (Wildman–Crippen LogP) is 4.10. The van der Waals surface area contributed by atoms with E-state index in [4.69, 9.17) is 9.47 Å². The van der Waals surface area contributed by atoms with E-state index in [-0.39, 0.29) is 11.3 Å². The molecule has 21 heavy (non-hydrogen) atoms.